The molecule has 51 heavy (non-hydrogen) atoms. The van der Waals surface area contributed by atoms with Gasteiger partial charge in [-0.05, 0) is 29.9 Å². The van der Waals surface area contributed by atoms with E-state index >= 15 is 0 Å². The van der Waals surface area contributed by atoms with Crippen molar-refractivity contribution in [3.63, 3.8) is 0 Å². The predicted octanol–water partition coefficient (Wildman–Crippen LogP) is -1.30. The van der Waals surface area contributed by atoms with Crippen molar-refractivity contribution in [3.05, 3.63) is 71.8 Å². The van der Waals surface area contributed by atoms with Gasteiger partial charge in [-0.3, -0.25) is 38.9 Å². The van der Waals surface area contributed by atoms with Gasteiger partial charge in [-0.15, -0.1) is 0 Å². The number of hydrogen-bond donors (Lipinski definition) is 6. The number of fused-ring (bicyclic) bond motifs is 2. The Bertz CT molecular complexity index is 1620. The van der Waals surface area contributed by atoms with Gasteiger partial charge in [0.05, 0.1) is 25.6 Å². The first-order valence-corrected chi connectivity index (χ1v) is 17.3. The van der Waals surface area contributed by atoms with Crippen molar-refractivity contribution in [2.45, 2.75) is 82.3 Å². The Labute approximate surface area is 296 Å². The lowest BCUT2D eigenvalue weighted by atomic mass is 10.00. The molecule has 15 heteroatoms. The average Bonchev–Trinajstić information content (AvgIpc) is 3.71. The third-order valence-electron chi connectivity index (χ3n) is 9.48. The molecule has 7 amide bonds. The normalized spacial score (nSPS) is 26.7. The molecular weight excluding hydrogens is 656 g/mol. The summed E-state index contributed by atoms with van der Waals surface area (Å²) in [5.41, 5.74) is 6.97. The maximum atomic E-state index is 14.0. The average molecular weight is 703 g/mol. The lowest BCUT2D eigenvalue weighted by Gasteiger charge is -2.35. The number of primary amides is 1. The minimum Gasteiger partial charge on any atom is -0.370 e. The Morgan fingerprint density at radius 3 is 1.96 bits per heavy atom. The molecule has 272 valence electrons. The Hall–Kier alpha value is -5.31. The fraction of sp³-hybridized carbons (Fsp3) is 0.472. The van der Waals surface area contributed by atoms with Gasteiger partial charge in [0.15, 0.2) is 0 Å². The van der Waals surface area contributed by atoms with E-state index in [4.69, 9.17) is 5.73 Å². The summed E-state index contributed by atoms with van der Waals surface area (Å²) >= 11 is 0. The number of rotatable bonds is 7. The number of carbonyl (C=O) groups is 7. The van der Waals surface area contributed by atoms with Crippen LogP contribution >= 0.6 is 0 Å². The molecule has 3 aliphatic heterocycles. The van der Waals surface area contributed by atoms with Gasteiger partial charge in [0.1, 0.15) is 30.3 Å². The lowest BCUT2D eigenvalue weighted by Crippen LogP contribution is -2.61. The number of benzene rings is 2. The number of amides is 7. The van der Waals surface area contributed by atoms with Crippen LogP contribution in [0.25, 0.3) is 0 Å². The van der Waals surface area contributed by atoms with Crippen LogP contribution in [0.15, 0.2) is 60.7 Å². The van der Waals surface area contributed by atoms with Crippen molar-refractivity contribution in [1.29, 1.82) is 0 Å². The van der Waals surface area contributed by atoms with Crippen molar-refractivity contribution in [3.8, 4) is 0 Å². The van der Waals surface area contributed by atoms with Crippen LogP contribution in [0.2, 0.25) is 0 Å². The summed E-state index contributed by atoms with van der Waals surface area (Å²) in [7, 11) is 0. The Morgan fingerprint density at radius 1 is 0.784 bits per heavy atom. The first-order valence-electron chi connectivity index (χ1n) is 17.3. The smallest absolute Gasteiger partial charge is 0.243 e. The van der Waals surface area contributed by atoms with Crippen LogP contribution in [0.5, 0.6) is 0 Å². The van der Waals surface area contributed by atoms with Crippen LogP contribution in [0.4, 0.5) is 0 Å². The Balaban J connectivity index is 1.51. The highest BCUT2D eigenvalue weighted by molar-refractivity contribution is 5.97. The molecule has 2 aromatic rings. The zero-order valence-electron chi connectivity index (χ0n) is 28.8. The molecule has 3 saturated heterocycles. The molecule has 0 unspecified atom stereocenters. The highest BCUT2D eigenvalue weighted by Crippen LogP contribution is 2.23. The van der Waals surface area contributed by atoms with E-state index in [1.807, 2.05) is 60.7 Å². The van der Waals surface area contributed by atoms with Gasteiger partial charge in [-0.1, -0.05) is 74.5 Å². The Kier molecular flexibility index (Phi) is 12.0. The molecule has 5 rings (SSSR count). The molecule has 2 aromatic carbocycles. The number of nitrogens with two attached hydrogens (primary N) is 1. The van der Waals surface area contributed by atoms with E-state index in [2.05, 4.69) is 26.6 Å². The van der Waals surface area contributed by atoms with Gasteiger partial charge in [-0.25, -0.2) is 0 Å². The number of hydrogen-bond acceptors (Lipinski definition) is 8. The highest BCUT2D eigenvalue weighted by Gasteiger charge is 2.47. The topological polar surface area (TPSA) is 212 Å². The van der Waals surface area contributed by atoms with Crippen LogP contribution in [0.3, 0.4) is 0 Å². The second kappa shape index (κ2) is 16.6. The van der Waals surface area contributed by atoms with Crippen molar-refractivity contribution in [1.82, 2.24) is 36.4 Å². The molecule has 0 radical (unpaired) electrons. The summed E-state index contributed by atoms with van der Waals surface area (Å²) in [6.07, 6.45) is -0.141. The van der Waals surface area contributed by atoms with Crippen molar-refractivity contribution < 1.29 is 33.6 Å². The summed E-state index contributed by atoms with van der Waals surface area (Å²) in [6.45, 7) is 3.14. The summed E-state index contributed by atoms with van der Waals surface area (Å²) < 4.78 is 0. The molecule has 6 atom stereocenters. The van der Waals surface area contributed by atoms with Gasteiger partial charge in [0.2, 0.25) is 41.4 Å². The second-order valence-electron chi connectivity index (χ2n) is 13.5. The van der Waals surface area contributed by atoms with Gasteiger partial charge in [0.25, 0.3) is 0 Å². The van der Waals surface area contributed by atoms with Gasteiger partial charge < -0.3 is 36.8 Å². The fourth-order valence-electron chi connectivity index (χ4n) is 6.99. The largest absolute Gasteiger partial charge is 0.370 e. The third kappa shape index (κ3) is 9.08. The van der Waals surface area contributed by atoms with E-state index in [0.717, 1.165) is 11.1 Å². The first kappa shape index (κ1) is 37.0. The first-order chi connectivity index (χ1) is 24.4. The zero-order chi connectivity index (χ0) is 36.7. The molecule has 7 N–H and O–H groups in total. The zero-order valence-corrected chi connectivity index (χ0v) is 28.8. The van der Waals surface area contributed by atoms with Crippen molar-refractivity contribution >= 4 is 41.4 Å². The van der Waals surface area contributed by atoms with Crippen LogP contribution in [-0.4, -0.2) is 107 Å². The van der Waals surface area contributed by atoms with E-state index < -0.39 is 90.2 Å². The van der Waals surface area contributed by atoms with Gasteiger partial charge in [0, 0.05) is 19.4 Å². The summed E-state index contributed by atoms with van der Waals surface area (Å²) in [4.78, 5) is 97.2. The van der Waals surface area contributed by atoms with E-state index in [0.29, 0.717) is 12.8 Å². The summed E-state index contributed by atoms with van der Waals surface area (Å²) in [5, 5.41) is 14.2. The molecule has 3 fully saturated rings. The number of nitrogens with one attached hydrogen (secondary N) is 5. The van der Waals surface area contributed by atoms with E-state index in [1.165, 1.54) is 9.80 Å². The van der Waals surface area contributed by atoms with Crippen LogP contribution in [0, 0.1) is 5.92 Å². The molecule has 0 aliphatic carbocycles. The third-order valence-corrected chi connectivity index (χ3v) is 9.48. The molecule has 3 aliphatic rings. The van der Waals surface area contributed by atoms with E-state index in [-0.39, 0.29) is 32.4 Å². The molecule has 0 saturated carbocycles. The molecule has 0 spiro atoms. The fourth-order valence-corrected chi connectivity index (χ4v) is 6.99. The second-order valence-corrected chi connectivity index (χ2v) is 13.5. The predicted molar refractivity (Wildman–Crippen MR) is 185 cm³/mol. The Morgan fingerprint density at radius 2 is 1.37 bits per heavy atom. The standard InChI is InChI=1S/C36H46N8O7/c1-21(2)31-35(50)39-20-30(46)43-15-9-14-27(43)34(49)42-25(17-23-12-7-4-8-13-23)33(48)41-24(16-22-10-5-3-6-11-22)32(47)38-19-29-40-26(18-28(37)45)36(51)44(29)31/h3-8,10-13,21,24-27,29,31,40H,9,14-20H2,1-2H3,(H2,37,45)(H,38,47)(H,39,50)(H,41,48)(H,42,49)/t24-,25-,26-,27-,29+,31-/m0/s1. The van der Waals surface area contributed by atoms with Crippen molar-refractivity contribution in [2.75, 3.05) is 19.6 Å². The van der Waals surface area contributed by atoms with E-state index in [9.17, 15) is 33.6 Å². The lowest BCUT2D eigenvalue weighted by molar-refractivity contribution is -0.144. The van der Waals surface area contributed by atoms with Crippen molar-refractivity contribution in [2.24, 2.45) is 11.7 Å². The molecule has 0 aromatic heterocycles. The monoisotopic (exact) mass is 702 g/mol. The quantitative estimate of drug-likeness (QED) is 0.204. The van der Waals surface area contributed by atoms with Gasteiger partial charge in [-0.2, -0.15) is 0 Å². The number of carbonyl (C=O) groups excluding carboxylic acids is 7. The van der Waals surface area contributed by atoms with E-state index in [1.54, 1.807) is 13.8 Å². The maximum absolute atomic E-state index is 14.0. The van der Waals surface area contributed by atoms with Crippen LogP contribution < -0.4 is 32.3 Å². The molecule has 3 heterocycles. The molecular formula is C36H46N8O7. The minimum absolute atomic E-state index is 0.109. The van der Waals surface area contributed by atoms with Crippen LogP contribution in [0.1, 0.15) is 44.2 Å². The van der Waals surface area contributed by atoms with Gasteiger partial charge >= 0.3 is 0 Å². The summed E-state index contributed by atoms with van der Waals surface area (Å²) in [5.74, 6) is -4.51. The molecule has 15 nitrogen and oxygen atoms in total. The highest BCUT2D eigenvalue weighted by atomic mass is 16.2. The molecule has 0 bridgehead atoms. The summed E-state index contributed by atoms with van der Waals surface area (Å²) in [6, 6.07) is 13.0. The SMILES string of the molecule is CC(C)[C@H]1C(=O)NCC(=O)N2CCC[C@H]2C(=O)N[C@@H](Cc2ccccc2)C(=O)N[C@@H](Cc2ccccc2)C(=O)NC[C@@H]2N[C@@H](CC(N)=O)C(=O)N21. The maximum Gasteiger partial charge on any atom is 0.243 e. The number of nitrogens with zero attached hydrogens (tertiary/aromatic N) is 2. The minimum atomic E-state index is -1.10. The van der Waals surface area contributed by atoms with Crippen LogP contribution in [-0.2, 0) is 46.4 Å².